The lowest BCUT2D eigenvalue weighted by Gasteiger charge is -2.40. The van der Waals surface area contributed by atoms with Crippen LogP contribution in [0, 0.1) is 5.82 Å². The van der Waals surface area contributed by atoms with E-state index in [2.05, 4.69) is 41.0 Å². The lowest BCUT2D eigenvalue weighted by Crippen LogP contribution is -2.48. The zero-order valence-electron chi connectivity index (χ0n) is 18.8. The van der Waals surface area contributed by atoms with Crippen LogP contribution in [0.15, 0.2) is 36.7 Å². The van der Waals surface area contributed by atoms with Crippen molar-refractivity contribution in [1.82, 2.24) is 14.9 Å². The maximum atomic E-state index is 14.3. The summed E-state index contributed by atoms with van der Waals surface area (Å²) in [5.41, 5.74) is 1.12. The van der Waals surface area contributed by atoms with Crippen molar-refractivity contribution in [3.8, 4) is 11.5 Å². The van der Waals surface area contributed by atoms with Crippen LogP contribution in [-0.2, 0) is 0 Å². The quantitative estimate of drug-likeness (QED) is 0.520. The van der Waals surface area contributed by atoms with Gasteiger partial charge in [0.05, 0.1) is 18.3 Å². The van der Waals surface area contributed by atoms with Gasteiger partial charge >= 0.3 is 0 Å². The van der Waals surface area contributed by atoms with Crippen LogP contribution in [0.3, 0.4) is 0 Å². The zero-order chi connectivity index (χ0) is 22.9. The first-order chi connectivity index (χ1) is 15.2. The first-order valence-electron chi connectivity index (χ1n) is 10.7. The number of anilines is 2. The van der Waals surface area contributed by atoms with Crippen molar-refractivity contribution in [3.63, 3.8) is 0 Å². The minimum absolute atomic E-state index is 0.113. The Morgan fingerprint density at radius 1 is 1.09 bits per heavy atom. The first-order valence-corrected chi connectivity index (χ1v) is 11.1. The number of halogens is 2. The summed E-state index contributed by atoms with van der Waals surface area (Å²) in [6, 6.07) is 8.13. The molecule has 0 amide bonds. The molecule has 1 aromatic heterocycles. The van der Waals surface area contributed by atoms with E-state index in [9.17, 15) is 4.39 Å². The van der Waals surface area contributed by atoms with E-state index in [1.54, 1.807) is 19.2 Å². The highest BCUT2D eigenvalue weighted by Crippen LogP contribution is 2.36. The van der Waals surface area contributed by atoms with Gasteiger partial charge in [0.2, 0.25) is 0 Å². The fraction of sp³-hybridized carbons (Fsp3) is 0.417. The highest BCUT2D eigenvalue weighted by molar-refractivity contribution is 6.30. The summed E-state index contributed by atoms with van der Waals surface area (Å²) in [5, 5.41) is 4.06. The molecule has 0 unspecified atom stereocenters. The van der Waals surface area contributed by atoms with Gasteiger partial charge < -0.3 is 14.8 Å². The van der Waals surface area contributed by atoms with Crippen molar-refractivity contribution in [3.05, 3.63) is 47.5 Å². The molecule has 1 fully saturated rings. The topological polar surface area (TPSA) is 59.5 Å². The average molecular weight is 459 g/mol. The number of piperidine rings is 1. The molecule has 0 radical (unpaired) electrons. The molecule has 2 heterocycles. The maximum Gasteiger partial charge on any atom is 0.163 e. The molecule has 170 valence electrons. The van der Waals surface area contributed by atoms with Crippen LogP contribution >= 0.6 is 11.6 Å². The summed E-state index contributed by atoms with van der Waals surface area (Å²) in [6.45, 7) is 8.70. The Bertz CT molecular complexity index is 1110. The number of fused-ring (bicyclic) bond motifs is 1. The summed E-state index contributed by atoms with van der Waals surface area (Å²) in [6.07, 6.45) is 3.45. The van der Waals surface area contributed by atoms with Gasteiger partial charge in [0.15, 0.2) is 11.5 Å². The molecule has 0 saturated carbocycles. The van der Waals surface area contributed by atoms with Crippen LogP contribution in [0.2, 0.25) is 5.02 Å². The monoisotopic (exact) mass is 458 g/mol. The van der Waals surface area contributed by atoms with Gasteiger partial charge in [0.1, 0.15) is 24.1 Å². The van der Waals surface area contributed by atoms with Crippen molar-refractivity contribution in [2.75, 3.05) is 25.5 Å². The third kappa shape index (κ3) is 4.89. The molecule has 8 heteroatoms. The summed E-state index contributed by atoms with van der Waals surface area (Å²) in [4.78, 5) is 11.2. The van der Waals surface area contributed by atoms with Crippen molar-refractivity contribution in [1.29, 1.82) is 0 Å². The zero-order valence-corrected chi connectivity index (χ0v) is 19.5. The second-order valence-electron chi connectivity index (χ2n) is 8.97. The number of methoxy groups -OCH3 is 1. The Morgan fingerprint density at radius 3 is 2.50 bits per heavy atom. The number of nitrogens with zero attached hydrogens (tertiary/aromatic N) is 3. The number of aromatic nitrogens is 2. The SMILES string of the molecule is COc1cc2c(Nc3ccc(Cl)cc3F)ncnc2cc1OC1CCN(C(C)(C)C)CC1. The largest absolute Gasteiger partial charge is 0.493 e. The summed E-state index contributed by atoms with van der Waals surface area (Å²) < 4.78 is 26.2. The normalized spacial score (nSPS) is 15.7. The van der Waals surface area contributed by atoms with Gasteiger partial charge in [-0.25, -0.2) is 14.4 Å². The van der Waals surface area contributed by atoms with E-state index in [0.717, 1.165) is 25.9 Å². The highest BCUT2D eigenvalue weighted by Gasteiger charge is 2.28. The predicted molar refractivity (Wildman–Crippen MR) is 126 cm³/mol. The minimum Gasteiger partial charge on any atom is -0.493 e. The molecule has 1 N–H and O–H groups in total. The molecule has 6 nitrogen and oxygen atoms in total. The summed E-state index contributed by atoms with van der Waals surface area (Å²) in [5.74, 6) is 1.25. The Kier molecular flexibility index (Phi) is 6.40. The van der Waals surface area contributed by atoms with E-state index >= 15 is 0 Å². The number of ether oxygens (including phenoxy) is 2. The van der Waals surface area contributed by atoms with Gasteiger partial charge in [-0.2, -0.15) is 0 Å². The molecular formula is C24H28ClFN4O2. The van der Waals surface area contributed by atoms with Gasteiger partial charge in [-0.1, -0.05) is 11.6 Å². The fourth-order valence-corrected chi connectivity index (χ4v) is 4.12. The van der Waals surface area contributed by atoms with Gasteiger partial charge in [0, 0.05) is 35.1 Å². The first kappa shape index (κ1) is 22.6. The van der Waals surface area contributed by atoms with Crippen LogP contribution in [0.5, 0.6) is 11.5 Å². The number of nitrogens with one attached hydrogen (secondary N) is 1. The van der Waals surface area contributed by atoms with Crippen molar-refractivity contribution >= 4 is 34.0 Å². The second kappa shape index (κ2) is 9.08. The third-order valence-electron chi connectivity index (χ3n) is 5.79. The minimum atomic E-state index is -0.460. The van der Waals surface area contributed by atoms with E-state index in [0.29, 0.717) is 33.2 Å². The fourth-order valence-electron chi connectivity index (χ4n) is 3.96. The molecule has 0 aliphatic carbocycles. The molecule has 32 heavy (non-hydrogen) atoms. The van der Waals surface area contributed by atoms with E-state index in [-0.39, 0.29) is 17.3 Å². The summed E-state index contributed by atoms with van der Waals surface area (Å²) >= 11 is 5.86. The molecular weight excluding hydrogens is 431 g/mol. The standard InChI is InChI=1S/C24H28ClFN4O2/c1-24(2,3)30-9-7-16(8-10-30)32-22-13-20-17(12-21(22)31-4)23(28-14-27-20)29-19-6-5-15(25)11-18(19)26/h5-6,11-14,16H,7-10H2,1-4H3,(H,27,28,29). The molecule has 1 saturated heterocycles. The van der Waals surface area contributed by atoms with Crippen molar-refractivity contribution in [2.45, 2.75) is 45.3 Å². The van der Waals surface area contributed by atoms with Crippen LogP contribution in [-0.4, -0.2) is 46.7 Å². The Morgan fingerprint density at radius 2 is 1.84 bits per heavy atom. The van der Waals surface area contributed by atoms with Gasteiger partial charge in [-0.3, -0.25) is 4.90 Å². The Balaban J connectivity index is 1.58. The van der Waals surface area contributed by atoms with Crippen LogP contribution < -0.4 is 14.8 Å². The van der Waals surface area contributed by atoms with Crippen LogP contribution in [0.4, 0.5) is 15.9 Å². The van der Waals surface area contributed by atoms with Gasteiger partial charge in [-0.15, -0.1) is 0 Å². The van der Waals surface area contributed by atoms with E-state index < -0.39 is 5.82 Å². The molecule has 0 spiro atoms. The Labute approximate surface area is 192 Å². The average Bonchev–Trinajstić information content (AvgIpc) is 2.75. The summed E-state index contributed by atoms with van der Waals surface area (Å²) in [7, 11) is 1.60. The van der Waals surface area contributed by atoms with Crippen molar-refractivity contribution < 1.29 is 13.9 Å². The van der Waals surface area contributed by atoms with E-state index in [1.165, 1.54) is 12.4 Å². The number of hydrogen-bond donors (Lipinski definition) is 1. The Hall–Kier alpha value is -2.64. The number of likely N-dealkylation sites (tertiary alicyclic amines) is 1. The van der Waals surface area contributed by atoms with Crippen LogP contribution in [0.1, 0.15) is 33.6 Å². The van der Waals surface area contributed by atoms with Crippen LogP contribution in [0.25, 0.3) is 10.9 Å². The van der Waals surface area contributed by atoms with E-state index in [4.69, 9.17) is 21.1 Å². The molecule has 3 aromatic rings. The lowest BCUT2D eigenvalue weighted by atomic mass is 9.99. The number of benzene rings is 2. The molecule has 1 aliphatic heterocycles. The highest BCUT2D eigenvalue weighted by atomic mass is 35.5. The molecule has 4 rings (SSSR count). The second-order valence-corrected chi connectivity index (χ2v) is 9.40. The maximum absolute atomic E-state index is 14.3. The number of hydrogen-bond acceptors (Lipinski definition) is 6. The van der Waals surface area contributed by atoms with Gasteiger partial charge in [-0.05, 0) is 57.9 Å². The lowest BCUT2D eigenvalue weighted by molar-refractivity contribution is 0.0481. The predicted octanol–water partition coefficient (Wildman–Crippen LogP) is 5.82. The van der Waals surface area contributed by atoms with Gasteiger partial charge in [0.25, 0.3) is 0 Å². The smallest absolute Gasteiger partial charge is 0.163 e. The third-order valence-corrected chi connectivity index (χ3v) is 6.02. The molecule has 2 aromatic carbocycles. The number of rotatable bonds is 5. The molecule has 0 bridgehead atoms. The molecule has 0 atom stereocenters. The van der Waals surface area contributed by atoms with Crippen molar-refractivity contribution in [2.24, 2.45) is 0 Å². The van der Waals surface area contributed by atoms with E-state index in [1.807, 2.05) is 12.1 Å². The molecule has 1 aliphatic rings.